The molecule has 112 valence electrons. The van der Waals surface area contributed by atoms with Crippen LogP contribution in [0.25, 0.3) is 10.8 Å². The summed E-state index contributed by atoms with van der Waals surface area (Å²) in [4.78, 5) is 17.3. The molecular formula is C16H20N2O3. The summed E-state index contributed by atoms with van der Waals surface area (Å²) < 4.78 is 5.56. The number of nitrogens with one attached hydrogen (secondary N) is 1. The first-order valence-corrected chi connectivity index (χ1v) is 7.37. The zero-order valence-corrected chi connectivity index (χ0v) is 11.9. The van der Waals surface area contributed by atoms with Crippen LogP contribution in [0.1, 0.15) is 12.8 Å². The molecule has 1 aromatic heterocycles. The number of hydrogen-bond acceptors (Lipinski definition) is 4. The second-order valence-corrected chi connectivity index (χ2v) is 5.35. The fourth-order valence-corrected chi connectivity index (χ4v) is 2.85. The molecule has 1 saturated heterocycles. The molecule has 2 N–H and O–H groups in total. The molecule has 1 fully saturated rings. The van der Waals surface area contributed by atoms with Crippen LogP contribution in [0.4, 0.5) is 5.82 Å². The summed E-state index contributed by atoms with van der Waals surface area (Å²) >= 11 is 0. The van der Waals surface area contributed by atoms with Crippen molar-refractivity contribution in [2.24, 2.45) is 0 Å². The second-order valence-electron chi connectivity index (χ2n) is 5.35. The highest BCUT2D eigenvalue weighted by molar-refractivity contribution is 5.83. The first-order valence-electron chi connectivity index (χ1n) is 7.37. The third kappa shape index (κ3) is 3.09. The number of rotatable bonds is 4. The Hall–Kier alpha value is -1.85. The highest BCUT2D eigenvalue weighted by Gasteiger charge is 2.20. The van der Waals surface area contributed by atoms with E-state index in [4.69, 9.17) is 9.84 Å². The number of anilines is 1. The number of H-pyrrole nitrogens is 1. The maximum absolute atomic E-state index is 12.1. The molecule has 2 aromatic rings. The van der Waals surface area contributed by atoms with E-state index in [9.17, 15) is 4.79 Å². The zero-order valence-electron chi connectivity index (χ0n) is 11.9. The Morgan fingerprint density at radius 1 is 1.29 bits per heavy atom. The maximum Gasteiger partial charge on any atom is 0.257 e. The minimum atomic E-state index is -0.0400. The van der Waals surface area contributed by atoms with Gasteiger partial charge in [-0.05, 0) is 30.4 Å². The molecule has 0 atom stereocenters. The summed E-state index contributed by atoms with van der Waals surface area (Å²) in [6.45, 7) is 2.17. The molecule has 2 heterocycles. The largest absolute Gasteiger partial charge is 0.394 e. The molecule has 3 rings (SSSR count). The molecule has 1 aliphatic heterocycles. The standard InChI is InChI=1S/C16H20N2O3/c19-9-10-21-13-5-7-18(8-6-13)15-11-12-3-1-2-4-14(12)16(20)17-15/h1-4,11,13,19H,5-10H2,(H,17,20). The van der Waals surface area contributed by atoms with Crippen molar-refractivity contribution in [2.45, 2.75) is 18.9 Å². The van der Waals surface area contributed by atoms with Gasteiger partial charge in [0.1, 0.15) is 5.82 Å². The number of aliphatic hydroxyl groups is 1. The summed E-state index contributed by atoms with van der Waals surface area (Å²) in [5.41, 5.74) is -0.0400. The van der Waals surface area contributed by atoms with Crippen molar-refractivity contribution >= 4 is 16.6 Å². The van der Waals surface area contributed by atoms with Crippen LogP contribution in [-0.2, 0) is 4.74 Å². The van der Waals surface area contributed by atoms with Crippen molar-refractivity contribution < 1.29 is 9.84 Å². The summed E-state index contributed by atoms with van der Waals surface area (Å²) in [7, 11) is 0. The Morgan fingerprint density at radius 2 is 2.05 bits per heavy atom. The van der Waals surface area contributed by atoms with Gasteiger partial charge in [0.15, 0.2) is 0 Å². The van der Waals surface area contributed by atoms with E-state index in [1.54, 1.807) is 0 Å². The molecule has 5 heteroatoms. The summed E-state index contributed by atoms with van der Waals surface area (Å²) in [6.07, 6.45) is 2.03. The summed E-state index contributed by atoms with van der Waals surface area (Å²) in [6, 6.07) is 9.66. The van der Waals surface area contributed by atoms with Crippen LogP contribution in [0.3, 0.4) is 0 Å². The van der Waals surface area contributed by atoms with Crippen LogP contribution in [0, 0.1) is 0 Å². The van der Waals surface area contributed by atoms with Gasteiger partial charge in [0.05, 0.1) is 19.3 Å². The van der Waals surface area contributed by atoms with Crippen LogP contribution in [0.5, 0.6) is 0 Å². The van der Waals surface area contributed by atoms with Crippen molar-refractivity contribution in [1.29, 1.82) is 0 Å². The molecule has 1 aliphatic rings. The van der Waals surface area contributed by atoms with E-state index >= 15 is 0 Å². The minimum Gasteiger partial charge on any atom is -0.394 e. The highest BCUT2D eigenvalue weighted by atomic mass is 16.5. The molecular weight excluding hydrogens is 268 g/mol. The number of benzene rings is 1. The van der Waals surface area contributed by atoms with E-state index in [2.05, 4.69) is 9.88 Å². The van der Waals surface area contributed by atoms with Crippen molar-refractivity contribution in [3.05, 3.63) is 40.7 Å². The fourth-order valence-electron chi connectivity index (χ4n) is 2.85. The SMILES string of the molecule is O=c1[nH]c(N2CCC(OCCO)CC2)cc2ccccc12. The lowest BCUT2D eigenvalue weighted by molar-refractivity contribution is 0.0158. The Bertz CT molecular complexity index is 660. The minimum absolute atomic E-state index is 0.0400. The maximum atomic E-state index is 12.1. The van der Waals surface area contributed by atoms with E-state index < -0.39 is 0 Å². The second kappa shape index (κ2) is 6.28. The quantitative estimate of drug-likeness (QED) is 0.895. The van der Waals surface area contributed by atoms with E-state index in [0.29, 0.717) is 6.61 Å². The Kier molecular flexibility index (Phi) is 4.22. The summed E-state index contributed by atoms with van der Waals surface area (Å²) in [5.74, 6) is 0.874. The van der Waals surface area contributed by atoms with Crippen LogP contribution >= 0.6 is 0 Å². The lowest BCUT2D eigenvalue weighted by atomic mass is 10.1. The molecule has 5 nitrogen and oxygen atoms in total. The molecule has 1 aromatic carbocycles. The third-order valence-corrected chi connectivity index (χ3v) is 3.97. The highest BCUT2D eigenvalue weighted by Crippen LogP contribution is 2.21. The number of aromatic nitrogens is 1. The summed E-state index contributed by atoms with van der Waals surface area (Å²) in [5, 5.41) is 10.5. The van der Waals surface area contributed by atoms with Gasteiger partial charge in [-0.25, -0.2) is 0 Å². The van der Waals surface area contributed by atoms with Crippen LogP contribution < -0.4 is 10.5 Å². The first-order chi connectivity index (χ1) is 10.3. The fraction of sp³-hybridized carbons (Fsp3) is 0.438. The van der Waals surface area contributed by atoms with Crippen LogP contribution in [0.2, 0.25) is 0 Å². The van der Waals surface area contributed by atoms with Gasteiger partial charge < -0.3 is 19.7 Å². The number of aliphatic hydroxyl groups excluding tert-OH is 1. The van der Waals surface area contributed by atoms with Gasteiger partial charge in [0.25, 0.3) is 5.56 Å². The number of ether oxygens (including phenoxy) is 1. The molecule has 0 spiro atoms. The van der Waals surface area contributed by atoms with Gasteiger partial charge in [0.2, 0.25) is 0 Å². The average Bonchev–Trinajstić information content (AvgIpc) is 2.53. The molecule has 0 unspecified atom stereocenters. The number of hydrogen-bond donors (Lipinski definition) is 2. The normalized spacial score (nSPS) is 16.5. The van der Waals surface area contributed by atoms with Gasteiger partial charge >= 0.3 is 0 Å². The lowest BCUT2D eigenvalue weighted by Gasteiger charge is -2.33. The Morgan fingerprint density at radius 3 is 2.81 bits per heavy atom. The van der Waals surface area contributed by atoms with Crippen molar-refractivity contribution in [3.8, 4) is 0 Å². The van der Waals surface area contributed by atoms with Gasteiger partial charge in [-0.3, -0.25) is 4.79 Å². The predicted molar refractivity (Wildman–Crippen MR) is 82.8 cm³/mol. The molecule has 0 amide bonds. The number of aromatic amines is 1. The predicted octanol–water partition coefficient (Wildman–Crippen LogP) is 1.51. The number of nitrogens with zero attached hydrogens (tertiary/aromatic N) is 1. The van der Waals surface area contributed by atoms with E-state index in [1.807, 2.05) is 30.3 Å². The van der Waals surface area contributed by atoms with Crippen LogP contribution in [0.15, 0.2) is 35.1 Å². The zero-order chi connectivity index (χ0) is 14.7. The smallest absolute Gasteiger partial charge is 0.257 e. The molecule has 0 bridgehead atoms. The van der Waals surface area contributed by atoms with Crippen molar-refractivity contribution in [2.75, 3.05) is 31.2 Å². The lowest BCUT2D eigenvalue weighted by Crippen LogP contribution is -2.38. The van der Waals surface area contributed by atoms with Crippen molar-refractivity contribution in [3.63, 3.8) is 0 Å². The van der Waals surface area contributed by atoms with Crippen LogP contribution in [-0.4, -0.2) is 42.5 Å². The number of fused-ring (bicyclic) bond motifs is 1. The monoisotopic (exact) mass is 288 g/mol. The average molecular weight is 288 g/mol. The van der Waals surface area contributed by atoms with E-state index in [-0.39, 0.29) is 18.3 Å². The van der Waals surface area contributed by atoms with Gasteiger partial charge in [-0.1, -0.05) is 18.2 Å². The first kappa shape index (κ1) is 14.1. The third-order valence-electron chi connectivity index (χ3n) is 3.97. The van der Waals surface area contributed by atoms with E-state index in [1.165, 1.54) is 0 Å². The van der Waals surface area contributed by atoms with E-state index in [0.717, 1.165) is 42.5 Å². The van der Waals surface area contributed by atoms with Crippen molar-refractivity contribution in [1.82, 2.24) is 4.98 Å². The molecule has 0 aliphatic carbocycles. The van der Waals surface area contributed by atoms with Gasteiger partial charge in [0, 0.05) is 18.5 Å². The molecule has 21 heavy (non-hydrogen) atoms. The molecule has 0 saturated carbocycles. The Labute approximate surface area is 123 Å². The number of piperidine rings is 1. The Balaban J connectivity index is 1.75. The van der Waals surface area contributed by atoms with Gasteiger partial charge in [-0.2, -0.15) is 0 Å². The number of pyridine rings is 1. The van der Waals surface area contributed by atoms with Gasteiger partial charge in [-0.15, -0.1) is 0 Å². The topological polar surface area (TPSA) is 65.6 Å². The molecule has 0 radical (unpaired) electrons.